The van der Waals surface area contributed by atoms with Crippen molar-refractivity contribution in [3.8, 4) is 11.5 Å². The maximum atomic E-state index is 13.4. The molecule has 0 unspecified atom stereocenters. The summed E-state index contributed by atoms with van der Waals surface area (Å²) < 4.78 is 18.8. The van der Waals surface area contributed by atoms with Gasteiger partial charge in [-0.3, -0.25) is 10.1 Å². The first-order valence-corrected chi connectivity index (χ1v) is 5.90. The van der Waals surface area contributed by atoms with Crippen LogP contribution in [0, 0.1) is 15.9 Å². The van der Waals surface area contributed by atoms with E-state index >= 15 is 0 Å². The predicted molar refractivity (Wildman–Crippen MR) is 69.1 cm³/mol. The summed E-state index contributed by atoms with van der Waals surface area (Å²) in [6.45, 7) is 0. The van der Waals surface area contributed by atoms with Crippen molar-refractivity contribution in [2.75, 3.05) is 0 Å². The Hall–Kier alpha value is -2.14. The van der Waals surface area contributed by atoms with E-state index in [9.17, 15) is 14.5 Å². The van der Waals surface area contributed by atoms with E-state index in [-0.39, 0.29) is 5.75 Å². The van der Waals surface area contributed by atoms with Crippen LogP contribution in [-0.2, 0) is 5.88 Å². The summed E-state index contributed by atoms with van der Waals surface area (Å²) in [6.07, 6.45) is 0. The minimum absolute atomic E-state index is 0.190. The standard InChI is InChI=1S/C13H9ClFNO3/c14-8-9-2-1-3-10(6-9)19-11-4-5-13(16(17)18)12(15)7-11/h1-7H,8H2. The molecule has 2 aromatic carbocycles. The molecule has 2 aromatic rings. The molecule has 2 rings (SSSR count). The van der Waals surface area contributed by atoms with Crippen LogP contribution in [0.3, 0.4) is 0 Å². The van der Waals surface area contributed by atoms with Gasteiger partial charge in [0, 0.05) is 18.0 Å². The molecule has 0 heterocycles. The van der Waals surface area contributed by atoms with Crippen LogP contribution in [0.5, 0.6) is 11.5 Å². The SMILES string of the molecule is O=[N+]([O-])c1ccc(Oc2cccc(CCl)c2)cc1F. The summed E-state index contributed by atoms with van der Waals surface area (Å²) in [4.78, 5) is 9.70. The van der Waals surface area contributed by atoms with E-state index in [0.29, 0.717) is 11.6 Å². The van der Waals surface area contributed by atoms with Crippen LogP contribution in [0.4, 0.5) is 10.1 Å². The number of nitro benzene ring substituents is 1. The quantitative estimate of drug-likeness (QED) is 0.478. The van der Waals surface area contributed by atoms with Crippen molar-refractivity contribution >= 4 is 17.3 Å². The lowest BCUT2D eigenvalue weighted by atomic mass is 10.2. The Morgan fingerprint density at radius 3 is 2.58 bits per heavy atom. The molecule has 6 heteroatoms. The Kier molecular flexibility index (Phi) is 3.97. The summed E-state index contributed by atoms with van der Waals surface area (Å²) >= 11 is 5.69. The van der Waals surface area contributed by atoms with Gasteiger partial charge in [0.1, 0.15) is 11.5 Å². The van der Waals surface area contributed by atoms with Crippen LogP contribution >= 0.6 is 11.6 Å². The fraction of sp³-hybridized carbons (Fsp3) is 0.0769. The maximum absolute atomic E-state index is 13.4. The molecule has 4 nitrogen and oxygen atoms in total. The van der Waals surface area contributed by atoms with E-state index in [1.165, 1.54) is 6.07 Å². The van der Waals surface area contributed by atoms with Crippen LogP contribution in [0.1, 0.15) is 5.56 Å². The van der Waals surface area contributed by atoms with Gasteiger partial charge in [-0.15, -0.1) is 11.6 Å². The van der Waals surface area contributed by atoms with Gasteiger partial charge in [0.25, 0.3) is 0 Å². The van der Waals surface area contributed by atoms with Crippen molar-refractivity contribution in [1.29, 1.82) is 0 Å². The van der Waals surface area contributed by atoms with Gasteiger partial charge in [0.05, 0.1) is 4.92 Å². The number of ether oxygens (including phenoxy) is 1. The van der Waals surface area contributed by atoms with Gasteiger partial charge in [0.15, 0.2) is 0 Å². The molecule has 0 atom stereocenters. The summed E-state index contributed by atoms with van der Waals surface area (Å²) in [5.74, 6) is 0.0865. The molecule has 0 N–H and O–H groups in total. The minimum atomic E-state index is -0.934. The van der Waals surface area contributed by atoms with Gasteiger partial charge in [-0.05, 0) is 23.8 Å². The monoisotopic (exact) mass is 281 g/mol. The number of rotatable bonds is 4. The fourth-order valence-electron chi connectivity index (χ4n) is 1.53. The minimum Gasteiger partial charge on any atom is -0.457 e. The van der Waals surface area contributed by atoms with E-state index in [1.807, 2.05) is 6.07 Å². The highest BCUT2D eigenvalue weighted by molar-refractivity contribution is 6.17. The first-order valence-electron chi connectivity index (χ1n) is 5.37. The Morgan fingerprint density at radius 2 is 1.95 bits per heavy atom. The fourth-order valence-corrected chi connectivity index (χ4v) is 1.69. The average Bonchev–Trinajstić information content (AvgIpc) is 2.38. The lowest BCUT2D eigenvalue weighted by Crippen LogP contribution is -1.93. The Balaban J connectivity index is 2.23. The zero-order valence-corrected chi connectivity index (χ0v) is 10.4. The van der Waals surface area contributed by atoms with E-state index in [2.05, 4.69) is 0 Å². The highest BCUT2D eigenvalue weighted by atomic mass is 35.5. The number of hydrogen-bond acceptors (Lipinski definition) is 3. The molecule has 0 saturated carbocycles. The third-order valence-corrected chi connectivity index (χ3v) is 2.71. The smallest absolute Gasteiger partial charge is 0.305 e. The second-order valence-corrected chi connectivity index (χ2v) is 4.02. The first kappa shape index (κ1) is 13.3. The molecule has 0 aliphatic carbocycles. The number of alkyl halides is 1. The van der Waals surface area contributed by atoms with Crippen molar-refractivity contribution < 1.29 is 14.1 Å². The molecular formula is C13H9ClFNO3. The summed E-state index contributed by atoms with van der Waals surface area (Å²) in [7, 11) is 0. The third-order valence-electron chi connectivity index (χ3n) is 2.40. The Bertz CT molecular complexity index is 619. The molecule has 0 amide bonds. The topological polar surface area (TPSA) is 52.4 Å². The van der Waals surface area contributed by atoms with Gasteiger partial charge in [-0.1, -0.05) is 12.1 Å². The molecule has 0 aliphatic heterocycles. The van der Waals surface area contributed by atoms with Gasteiger partial charge >= 0.3 is 5.69 Å². The number of nitro groups is 1. The van der Waals surface area contributed by atoms with Gasteiger partial charge in [0.2, 0.25) is 5.82 Å². The Labute approximate surface area is 113 Å². The first-order chi connectivity index (χ1) is 9.10. The van der Waals surface area contributed by atoms with Crippen molar-refractivity contribution in [3.63, 3.8) is 0 Å². The molecule has 0 aliphatic rings. The molecular weight excluding hydrogens is 273 g/mol. The van der Waals surface area contributed by atoms with Crippen molar-refractivity contribution in [2.45, 2.75) is 5.88 Å². The van der Waals surface area contributed by atoms with Crippen LogP contribution < -0.4 is 4.74 Å². The third kappa shape index (κ3) is 3.20. The molecule has 98 valence electrons. The van der Waals surface area contributed by atoms with Crippen LogP contribution in [0.15, 0.2) is 42.5 Å². The van der Waals surface area contributed by atoms with Crippen LogP contribution in [0.25, 0.3) is 0 Å². The zero-order chi connectivity index (χ0) is 13.8. The average molecular weight is 282 g/mol. The van der Waals surface area contributed by atoms with Gasteiger partial charge < -0.3 is 4.74 Å². The molecule has 19 heavy (non-hydrogen) atoms. The normalized spacial score (nSPS) is 10.2. The van der Waals surface area contributed by atoms with Crippen molar-refractivity contribution in [1.82, 2.24) is 0 Å². The predicted octanol–water partition coefficient (Wildman–Crippen LogP) is 4.27. The molecule has 0 bridgehead atoms. The van der Waals surface area contributed by atoms with E-state index < -0.39 is 16.4 Å². The van der Waals surface area contributed by atoms with Gasteiger partial charge in [-0.25, -0.2) is 0 Å². The second-order valence-electron chi connectivity index (χ2n) is 3.75. The van der Waals surface area contributed by atoms with Crippen molar-refractivity contribution in [2.24, 2.45) is 0 Å². The molecule has 0 spiro atoms. The molecule has 0 aromatic heterocycles. The highest BCUT2D eigenvalue weighted by Gasteiger charge is 2.14. The summed E-state index contributed by atoms with van der Waals surface area (Å²) in [5.41, 5.74) is 0.281. The Morgan fingerprint density at radius 1 is 1.21 bits per heavy atom. The maximum Gasteiger partial charge on any atom is 0.305 e. The lowest BCUT2D eigenvalue weighted by molar-refractivity contribution is -0.387. The van der Waals surface area contributed by atoms with Crippen LogP contribution in [-0.4, -0.2) is 4.92 Å². The number of halogens is 2. The molecule has 0 saturated heterocycles. The van der Waals surface area contributed by atoms with Gasteiger partial charge in [-0.2, -0.15) is 4.39 Å². The summed E-state index contributed by atoms with van der Waals surface area (Å²) in [5, 5.41) is 10.5. The second kappa shape index (κ2) is 5.67. The largest absolute Gasteiger partial charge is 0.457 e. The van der Waals surface area contributed by atoms with E-state index in [0.717, 1.165) is 17.7 Å². The number of nitrogens with zero attached hydrogens (tertiary/aromatic N) is 1. The summed E-state index contributed by atoms with van der Waals surface area (Å²) in [6, 6.07) is 10.4. The zero-order valence-electron chi connectivity index (χ0n) is 9.68. The van der Waals surface area contributed by atoms with E-state index in [1.54, 1.807) is 18.2 Å². The number of hydrogen-bond donors (Lipinski definition) is 0. The van der Waals surface area contributed by atoms with Crippen LogP contribution in [0.2, 0.25) is 0 Å². The highest BCUT2D eigenvalue weighted by Crippen LogP contribution is 2.27. The molecule has 0 radical (unpaired) electrons. The lowest BCUT2D eigenvalue weighted by Gasteiger charge is -2.06. The van der Waals surface area contributed by atoms with E-state index in [4.69, 9.17) is 16.3 Å². The molecule has 0 fully saturated rings. The number of benzene rings is 2. The van der Waals surface area contributed by atoms with Crippen molar-refractivity contribution in [3.05, 3.63) is 64.0 Å².